The molecule has 0 unspecified atom stereocenters. The summed E-state index contributed by atoms with van der Waals surface area (Å²) in [6, 6.07) is 12.7. The van der Waals surface area contributed by atoms with Crippen LogP contribution in [0.15, 0.2) is 42.5 Å². The van der Waals surface area contributed by atoms with Crippen LogP contribution >= 0.6 is 0 Å². The second-order valence-corrected chi connectivity index (χ2v) is 8.23. The highest BCUT2D eigenvalue weighted by Gasteiger charge is 2.25. The molecule has 2 aliphatic heterocycles. The molecule has 2 amide bonds. The summed E-state index contributed by atoms with van der Waals surface area (Å²) < 4.78 is 11.0. The fraction of sp³-hybridized carbons (Fsp3) is 0.400. The van der Waals surface area contributed by atoms with Gasteiger partial charge in [0.25, 0.3) is 5.91 Å². The predicted molar refractivity (Wildman–Crippen MR) is 119 cm³/mol. The summed E-state index contributed by atoms with van der Waals surface area (Å²) >= 11 is 0. The number of carbonyl (C=O) groups excluding carboxylic acids is 3. The van der Waals surface area contributed by atoms with Crippen molar-refractivity contribution in [2.24, 2.45) is 0 Å². The second kappa shape index (κ2) is 9.85. The quantitative estimate of drug-likeness (QED) is 0.704. The first kappa shape index (κ1) is 21.9. The molecule has 2 aliphatic rings. The Morgan fingerprint density at radius 1 is 0.969 bits per heavy atom. The third-order valence-corrected chi connectivity index (χ3v) is 6.00. The average molecular weight is 437 g/mol. The number of ketones is 1. The van der Waals surface area contributed by atoms with E-state index in [-0.39, 0.29) is 36.5 Å². The molecule has 1 fully saturated rings. The number of fused-ring (bicyclic) bond motifs is 1. The zero-order valence-corrected chi connectivity index (χ0v) is 18.3. The van der Waals surface area contributed by atoms with Crippen LogP contribution in [0.5, 0.6) is 11.5 Å². The molecule has 2 aromatic carbocycles. The number of amides is 2. The van der Waals surface area contributed by atoms with Gasteiger partial charge in [0.1, 0.15) is 13.2 Å². The number of rotatable bonds is 6. The van der Waals surface area contributed by atoms with E-state index >= 15 is 0 Å². The molecule has 4 rings (SSSR count). The van der Waals surface area contributed by atoms with Crippen LogP contribution in [0.4, 0.5) is 0 Å². The smallest absolute Gasteiger partial charge is 0.251 e. The Morgan fingerprint density at radius 2 is 1.69 bits per heavy atom. The Balaban J connectivity index is 1.23. The number of ether oxygens (including phenoxy) is 2. The Hall–Kier alpha value is -3.35. The molecular weight excluding hydrogens is 408 g/mol. The molecule has 7 nitrogen and oxygen atoms in total. The number of piperidine rings is 1. The monoisotopic (exact) mass is 436 g/mol. The van der Waals surface area contributed by atoms with E-state index in [1.54, 1.807) is 23.1 Å². The van der Waals surface area contributed by atoms with Gasteiger partial charge in [-0.25, -0.2) is 0 Å². The molecule has 1 saturated heterocycles. The van der Waals surface area contributed by atoms with E-state index in [1.807, 2.05) is 31.2 Å². The fourth-order valence-corrected chi connectivity index (χ4v) is 4.10. The number of aryl methyl sites for hydroxylation is 1. The highest BCUT2D eigenvalue weighted by molar-refractivity contribution is 5.98. The molecule has 32 heavy (non-hydrogen) atoms. The largest absolute Gasteiger partial charge is 0.486 e. The summed E-state index contributed by atoms with van der Waals surface area (Å²) in [7, 11) is 0. The van der Waals surface area contributed by atoms with Crippen molar-refractivity contribution in [1.82, 2.24) is 10.2 Å². The third-order valence-electron chi connectivity index (χ3n) is 6.00. The van der Waals surface area contributed by atoms with Crippen LogP contribution in [0, 0.1) is 6.92 Å². The molecule has 1 N–H and O–H groups in total. The molecule has 0 saturated carbocycles. The molecule has 2 aromatic rings. The van der Waals surface area contributed by atoms with E-state index in [4.69, 9.17) is 9.47 Å². The standard InChI is InChI=1S/C25H28N2O5/c1-17-4-2-3-5-20(17)25(30)26-19-10-12-27(13-11-19)24(29)9-7-21(28)18-6-8-22-23(16-18)32-15-14-31-22/h2-6,8,16,19H,7,9-15H2,1H3,(H,26,30). The first-order chi connectivity index (χ1) is 15.5. The molecule has 168 valence electrons. The molecule has 7 heteroatoms. The van der Waals surface area contributed by atoms with Gasteiger partial charge in [-0.15, -0.1) is 0 Å². The van der Waals surface area contributed by atoms with Gasteiger partial charge in [-0.2, -0.15) is 0 Å². The van der Waals surface area contributed by atoms with Crippen LogP contribution in [0.1, 0.15) is 52.0 Å². The summed E-state index contributed by atoms with van der Waals surface area (Å²) in [6.07, 6.45) is 1.74. The van der Waals surface area contributed by atoms with Crippen molar-refractivity contribution in [3.8, 4) is 11.5 Å². The van der Waals surface area contributed by atoms with Crippen LogP contribution in [-0.4, -0.2) is 54.8 Å². The van der Waals surface area contributed by atoms with Gasteiger partial charge in [-0.3, -0.25) is 14.4 Å². The van der Waals surface area contributed by atoms with Gasteiger partial charge < -0.3 is 19.7 Å². The predicted octanol–water partition coefficient (Wildman–Crippen LogP) is 3.15. The fourth-order valence-electron chi connectivity index (χ4n) is 4.10. The van der Waals surface area contributed by atoms with Gasteiger partial charge in [-0.05, 0) is 49.6 Å². The summed E-state index contributed by atoms with van der Waals surface area (Å²) in [5.74, 6) is 1.03. The van der Waals surface area contributed by atoms with Gasteiger partial charge in [0.15, 0.2) is 17.3 Å². The maximum atomic E-state index is 12.6. The Kier molecular flexibility index (Phi) is 6.73. The zero-order valence-electron chi connectivity index (χ0n) is 18.3. The van der Waals surface area contributed by atoms with Crippen molar-refractivity contribution >= 4 is 17.6 Å². The van der Waals surface area contributed by atoms with E-state index in [0.29, 0.717) is 61.8 Å². The number of hydrogen-bond donors (Lipinski definition) is 1. The molecular formula is C25H28N2O5. The van der Waals surface area contributed by atoms with Crippen molar-refractivity contribution in [2.45, 2.75) is 38.6 Å². The normalized spacial score (nSPS) is 15.8. The minimum Gasteiger partial charge on any atom is -0.486 e. The highest BCUT2D eigenvalue weighted by atomic mass is 16.6. The highest BCUT2D eigenvalue weighted by Crippen LogP contribution is 2.31. The van der Waals surface area contributed by atoms with Gasteiger partial charge >= 0.3 is 0 Å². The van der Waals surface area contributed by atoms with Gasteiger partial charge in [-0.1, -0.05) is 18.2 Å². The summed E-state index contributed by atoms with van der Waals surface area (Å²) in [6.45, 7) is 4.04. The van der Waals surface area contributed by atoms with E-state index in [0.717, 1.165) is 5.56 Å². The van der Waals surface area contributed by atoms with Crippen molar-refractivity contribution in [1.29, 1.82) is 0 Å². The number of nitrogens with zero attached hydrogens (tertiary/aromatic N) is 1. The zero-order chi connectivity index (χ0) is 22.5. The lowest BCUT2D eigenvalue weighted by Gasteiger charge is -2.32. The van der Waals surface area contributed by atoms with Crippen LogP contribution in [0.2, 0.25) is 0 Å². The molecule has 0 aliphatic carbocycles. The molecule has 0 aromatic heterocycles. The molecule has 0 spiro atoms. The van der Waals surface area contributed by atoms with E-state index in [2.05, 4.69) is 5.32 Å². The van der Waals surface area contributed by atoms with Crippen LogP contribution in [-0.2, 0) is 4.79 Å². The molecule has 0 bridgehead atoms. The van der Waals surface area contributed by atoms with E-state index < -0.39 is 0 Å². The topological polar surface area (TPSA) is 84.9 Å². The summed E-state index contributed by atoms with van der Waals surface area (Å²) in [5, 5.41) is 3.08. The van der Waals surface area contributed by atoms with Crippen LogP contribution in [0.3, 0.4) is 0 Å². The molecule has 2 heterocycles. The minimum absolute atomic E-state index is 0.0282. The van der Waals surface area contributed by atoms with Crippen LogP contribution < -0.4 is 14.8 Å². The number of benzene rings is 2. The Morgan fingerprint density at radius 3 is 2.44 bits per heavy atom. The molecule has 0 atom stereocenters. The molecule has 0 radical (unpaired) electrons. The summed E-state index contributed by atoms with van der Waals surface area (Å²) in [4.78, 5) is 39.4. The van der Waals surface area contributed by atoms with Crippen molar-refractivity contribution in [2.75, 3.05) is 26.3 Å². The lowest BCUT2D eigenvalue weighted by Crippen LogP contribution is -2.46. The van der Waals surface area contributed by atoms with Crippen molar-refractivity contribution in [3.63, 3.8) is 0 Å². The lowest BCUT2D eigenvalue weighted by atomic mass is 10.0. The Labute approximate surface area is 187 Å². The van der Waals surface area contributed by atoms with Gasteiger partial charge in [0.05, 0.1) is 0 Å². The first-order valence-electron chi connectivity index (χ1n) is 11.1. The van der Waals surface area contributed by atoms with Gasteiger partial charge in [0, 0.05) is 43.1 Å². The number of Topliss-reactive ketones (excluding diaryl/α,β-unsaturated/α-hetero) is 1. The van der Waals surface area contributed by atoms with E-state index in [9.17, 15) is 14.4 Å². The van der Waals surface area contributed by atoms with Crippen molar-refractivity contribution < 1.29 is 23.9 Å². The maximum Gasteiger partial charge on any atom is 0.251 e. The van der Waals surface area contributed by atoms with E-state index in [1.165, 1.54) is 0 Å². The number of likely N-dealkylation sites (tertiary alicyclic amines) is 1. The SMILES string of the molecule is Cc1ccccc1C(=O)NC1CCN(C(=O)CCC(=O)c2ccc3c(c2)OCCO3)CC1. The number of nitrogens with one attached hydrogen (secondary N) is 1. The van der Waals surface area contributed by atoms with Crippen molar-refractivity contribution in [3.05, 3.63) is 59.2 Å². The lowest BCUT2D eigenvalue weighted by molar-refractivity contribution is -0.132. The third kappa shape index (κ3) is 5.10. The maximum absolute atomic E-state index is 12.6. The number of carbonyl (C=O) groups is 3. The summed E-state index contributed by atoms with van der Waals surface area (Å²) in [5.41, 5.74) is 2.16. The second-order valence-electron chi connectivity index (χ2n) is 8.23. The number of hydrogen-bond acceptors (Lipinski definition) is 5. The first-order valence-corrected chi connectivity index (χ1v) is 11.1. The minimum atomic E-state index is -0.0873. The average Bonchev–Trinajstić information content (AvgIpc) is 2.82. The van der Waals surface area contributed by atoms with Crippen LogP contribution in [0.25, 0.3) is 0 Å². The Bertz CT molecular complexity index is 1010. The van der Waals surface area contributed by atoms with Gasteiger partial charge in [0.2, 0.25) is 5.91 Å².